The number of non-ortho nitro benzene ring substituents is 1. The lowest BCUT2D eigenvalue weighted by molar-refractivity contribution is -0.384. The van der Waals surface area contributed by atoms with E-state index in [1.165, 1.54) is 21.6 Å². The fourth-order valence-electron chi connectivity index (χ4n) is 3.93. The topological polar surface area (TPSA) is 149 Å². The van der Waals surface area contributed by atoms with Crippen LogP contribution in [0, 0.1) is 10.1 Å². The minimum absolute atomic E-state index is 0.0242. The minimum Gasteiger partial charge on any atom is -0.383 e. The summed E-state index contributed by atoms with van der Waals surface area (Å²) >= 11 is 0. The van der Waals surface area contributed by atoms with Crippen LogP contribution in [0.25, 0.3) is 10.9 Å². The van der Waals surface area contributed by atoms with Crippen molar-refractivity contribution in [3.05, 3.63) is 61.4 Å². The zero-order chi connectivity index (χ0) is 24.8. The van der Waals surface area contributed by atoms with E-state index < -0.39 is 16.2 Å². The molecule has 0 aliphatic rings. The summed E-state index contributed by atoms with van der Waals surface area (Å²) in [5.74, 6) is -0.398. The standard InChI is InChI=1S/C23H30N6O5/c1-3-5-7-12-27(20-21(24)28(11-6-4-2)23(32)25-22(20)31)19(30)15-26-13-10-16-14-17(29(33)34)8-9-18(16)26/h8-10,13-14H,3-7,11-12,15,24H2,1-2H3,(H,25,31,32). The number of nitrogens with zero attached hydrogens (tertiary/aromatic N) is 4. The van der Waals surface area contributed by atoms with Crippen LogP contribution in [0.2, 0.25) is 0 Å². The van der Waals surface area contributed by atoms with Crippen molar-refractivity contribution in [2.75, 3.05) is 17.2 Å². The number of carbonyl (C=O) groups is 1. The molecule has 3 rings (SSSR count). The third kappa shape index (κ3) is 5.19. The molecule has 0 fully saturated rings. The van der Waals surface area contributed by atoms with Crippen molar-refractivity contribution >= 4 is 34.0 Å². The first-order chi connectivity index (χ1) is 16.3. The Balaban J connectivity index is 1.99. The summed E-state index contributed by atoms with van der Waals surface area (Å²) in [5, 5.41) is 11.7. The van der Waals surface area contributed by atoms with Gasteiger partial charge >= 0.3 is 5.69 Å². The molecule has 0 saturated heterocycles. The molecule has 0 unspecified atom stereocenters. The Morgan fingerprint density at radius 1 is 1.15 bits per heavy atom. The molecule has 1 amide bonds. The van der Waals surface area contributed by atoms with E-state index in [0.29, 0.717) is 30.3 Å². The van der Waals surface area contributed by atoms with Crippen molar-refractivity contribution in [3.8, 4) is 0 Å². The maximum Gasteiger partial charge on any atom is 0.330 e. The number of anilines is 2. The quantitative estimate of drug-likeness (QED) is 0.250. The fraction of sp³-hybridized carbons (Fsp3) is 0.435. The molecule has 2 aromatic heterocycles. The first-order valence-electron chi connectivity index (χ1n) is 11.4. The first kappa shape index (κ1) is 24.7. The zero-order valence-corrected chi connectivity index (χ0v) is 19.5. The number of hydrogen-bond acceptors (Lipinski definition) is 6. The average Bonchev–Trinajstić information content (AvgIpc) is 3.19. The van der Waals surface area contributed by atoms with Crippen LogP contribution in [0.3, 0.4) is 0 Å². The number of amides is 1. The van der Waals surface area contributed by atoms with Gasteiger partial charge in [0, 0.05) is 42.3 Å². The van der Waals surface area contributed by atoms with Gasteiger partial charge in [0.05, 0.1) is 4.92 Å². The van der Waals surface area contributed by atoms with E-state index in [0.717, 1.165) is 19.3 Å². The summed E-state index contributed by atoms with van der Waals surface area (Å²) < 4.78 is 2.97. The van der Waals surface area contributed by atoms with Crippen LogP contribution in [-0.2, 0) is 17.9 Å². The maximum atomic E-state index is 13.4. The largest absolute Gasteiger partial charge is 0.383 e. The Hall–Kier alpha value is -3.89. The van der Waals surface area contributed by atoms with E-state index in [4.69, 9.17) is 5.73 Å². The fourth-order valence-corrected chi connectivity index (χ4v) is 3.93. The first-order valence-corrected chi connectivity index (χ1v) is 11.4. The number of rotatable bonds is 11. The number of carbonyl (C=O) groups excluding carboxylic acids is 1. The lowest BCUT2D eigenvalue weighted by atomic mass is 10.2. The lowest BCUT2D eigenvalue weighted by Crippen LogP contribution is -2.42. The number of nitrogens with one attached hydrogen (secondary N) is 1. The summed E-state index contributed by atoms with van der Waals surface area (Å²) in [6.07, 6.45) is 5.64. The molecular weight excluding hydrogens is 440 g/mol. The lowest BCUT2D eigenvalue weighted by Gasteiger charge is -2.25. The zero-order valence-electron chi connectivity index (χ0n) is 19.5. The normalized spacial score (nSPS) is 11.1. The molecule has 0 aliphatic carbocycles. The van der Waals surface area contributed by atoms with Crippen LogP contribution < -0.4 is 21.9 Å². The molecule has 0 bridgehead atoms. The van der Waals surface area contributed by atoms with Crippen molar-refractivity contribution in [1.29, 1.82) is 0 Å². The Morgan fingerprint density at radius 2 is 1.88 bits per heavy atom. The molecule has 11 nitrogen and oxygen atoms in total. The highest BCUT2D eigenvalue weighted by Gasteiger charge is 2.24. The predicted octanol–water partition coefficient (Wildman–Crippen LogP) is 3.01. The summed E-state index contributed by atoms with van der Waals surface area (Å²) in [6, 6.07) is 6.12. The highest BCUT2D eigenvalue weighted by atomic mass is 16.6. The van der Waals surface area contributed by atoms with Gasteiger partial charge in [0.2, 0.25) is 5.91 Å². The van der Waals surface area contributed by atoms with Gasteiger partial charge in [0.15, 0.2) is 5.69 Å². The number of nitro benzene ring substituents is 1. The molecule has 182 valence electrons. The minimum atomic E-state index is -0.701. The Bertz CT molecular complexity index is 1310. The van der Waals surface area contributed by atoms with Crippen molar-refractivity contribution in [2.45, 2.75) is 59.0 Å². The monoisotopic (exact) mass is 470 g/mol. The van der Waals surface area contributed by atoms with Gasteiger partial charge in [0.1, 0.15) is 12.4 Å². The highest BCUT2D eigenvalue weighted by Crippen LogP contribution is 2.23. The van der Waals surface area contributed by atoms with Gasteiger partial charge in [-0.1, -0.05) is 33.1 Å². The Kier molecular flexibility index (Phi) is 7.87. The molecule has 11 heteroatoms. The van der Waals surface area contributed by atoms with Crippen LogP contribution in [0.5, 0.6) is 0 Å². The van der Waals surface area contributed by atoms with E-state index in [1.54, 1.807) is 22.9 Å². The third-order valence-electron chi connectivity index (χ3n) is 5.78. The number of aromatic nitrogens is 3. The number of nitro groups is 1. The van der Waals surface area contributed by atoms with Gasteiger partial charge in [-0.2, -0.15) is 0 Å². The summed E-state index contributed by atoms with van der Waals surface area (Å²) in [6.45, 7) is 4.52. The van der Waals surface area contributed by atoms with Crippen molar-refractivity contribution in [3.63, 3.8) is 0 Å². The Morgan fingerprint density at radius 3 is 2.56 bits per heavy atom. The third-order valence-corrected chi connectivity index (χ3v) is 5.78. The number of hydrogen-bond donors (Lipinski definition) is 2. The van der Waals surface area contributed by atoms with Crippen LogP contribution in [0.15, 0.2) is 40.1 Å². The second kappa shape index (κ2) is 10.8. The van der Waals surface area contributed by atoms with Crippen molar-refractivity contribution < 1.29 is 9.72 Å². The van der Waals surface area contributed by atoms with Gasteiger partial charge in [-0.3, -0.25) is 29.3 Å². The number of aromatic amines is 1. The average molecular weight is 471 g/mol. The number of benzene rings is 1. The molecule has 0 radical (unpaired) electrons. The molecule has 0 atom stereocenters. The SMILES string of the molecule is CCCCCN(C(=O)Cn1ccc2cc([N+](=O)[O-])ccc21)c1c(N)n(CCCC)c(=O)[nH]c1=O. The van der Waals surface area contributed by atoms with Gasteiger partial charge in [-0.15, -0.1) is 0 Å². The van der Waals surface area contributed by atoms with E-state index >= 15 is 0 Å². The van der Waals surface area contributed by atoms with Crippen LogP contribution >= 0.6 is 0 Å². The predicted molar refractivity (Wildman–Crippen MR) is 131 cm³/mol. The summed E-state index contributed by atoms with van der Waals surface area (Å²) in [5.41, 5.74) is 5.55. The second-order valence-electron chi connectivity index (χ2n) is 8.19. The van der Waals surface area contributed by atoms with E-state index in [-0.39, 0.29) is 36.2 Å². The number of H-pyrrole nitrogens is 1. The summed E-state index contributed by atoms with van der Waals surface area (Å²) in [7, 11) is 0. The molecule has 3 aromatic rings. The van der Waals surface area contributed by atoms with Crippen molar-refractivity contribution in [1.82, 2.24) is 14.1 Å². The number of fused-ring (bicyclic) bond motifs is 1. The van der Waals surface area contributed by atoms with Crippen molar-refractivity contribution in [2.24, 2.45) is 0 Å². The smallest absolute Gasteiger partial charge is 0.330 e. The van der Waals surface area contributed by atoms with Crippen LogP contribution in [0.1, 0.15) is 46.0 Å². The van der Waals surface area contributed by atoms with E-state index in [2.05, 4.69) is 4.98 Å². The van der Waals surface area contributed by atoms with Gasteiger partial charge in [-0.05, 0) is 25.0 Å². The molecular formula is C23H30N6O5. The van der Waals surface area contributed by atoms with E-state index in [9.17, 15) is 24.5 Å². The summed E-state index contributed by atoms with van der Waals surface area (Å²) in [4.78, 5) is 52.8. The number of unbranched alkanes of at least 4 members (excludes halogenated alkanes) is 3. The van der Waals surface area contributed by atoms with Gasteiger partial charge in [0.25, 0.3) is 11.2 Å². The van der Waals surface area contributed by atoms with Crippen LogP contribution in [-0.4, -0.2) is 31.5 Å². The molecule has 34 heavy (non-hydrogen) atoms. The van der Waals surface area contributed by atoms with Gasteiger partial charge < -0.3 is 15.2 Å². The van der Waals surface area contributed by atoms with Crippen LogP contribution in [0.4, 0.5) is 17.2 Å². The molecule has 0 aliphatic heterocycles. The molecule has 0 saturated carbocycles. The van der Waals surface area contributed by atoms with Gasteiger partial charge in [-0.25, -0.2) is 4.79 Å². The molecule has 1 aromatic carbocycles. The Labute approximate surface area is 195 Å². The second-order valence-corrected chi connectivity index (χ2v) is 8.19. The maximum absolute atomic E-state index is 13.4. The molecule has 3 N–H and O–H groups in total. The highest BCUT2D eigenvalue weighted by molar-refractivity contribution is 5.96. The molecule has 0 spiro atoms. The molecule has 2 heterocycles. The van der Waals surface area contributed by atoms with E-state index in [1.807, 2.05) is 13.8 Å². The number of nitrogen functional groups attached to an aromatic ring is 1. The number of nitrogens with two attached hydrogens (primary N) is 1.